The van der Waals surface area contributed by atoms with Crippen LogP contribution >= 0.6 is 0 Å². The summed E-state index contributed by atoms with van der Waals surface area (Å²) in [6.07, 6.45) is 3.54. The Bertz CT molecular complexity index is 1120. The highest BCUT2D eigenvalue weighted by Gasteiger charge is 2.48. The Kier molecular flexibility index (Phi) is 6.28. The zero-order valence-electron chi connectivity index (χ0n) is 19.6. The smallest absolute Gasteiger partial charge is 0.316 e. The minimum absolute atomic E-state index is 0.0731. The van der Waals surface area contributed by atoms with Crippen LogP contribution in [0, 0.1) is 17.8 Å². The van der Waals surface area contributed by atoms with Crippen molar-refractivity contribution in [2.45, 2.75) is 39.0 Å². The van der Waals surface area contributed by atoms with Gasteiger partial charge in [-0.1, -0.05) is 12.8 Å². The molecule has 0 bridgehead atoms. The molecule has 35 heavy (non-hydrogen) atoms. The van der Waals surface area contributed by atoms with E-state index >= 15 is 0 Å². The third-order valence-corrected chi connectivity index (χ3v) is 7.07. The predicted octanol–water partition coefficient (Wildman–Crippen LogP) is 3.72. The van der Waals surface area contributed by atoms with E-state index in [1.54, 1.807) is 53.4 Å². The van der Waals surface area contributed by atoms with Crippen molar-refractivity contribution in [1.29, 1.82) is 0 Å². The number of carbonyl (C=O) groups is 4. The summed E-state index contributed by atoms with van der Waals surface area (Å²) in [5.74, 6) is -0.886. The van der Waals surface area contributed by atoms with E-state index in [9.17, 15) is 19.2 Å². The van der Waals surface area contributed by atoms with Crippen LogP contribution < -0.4 is 19.3 Å². The fraction of sp³-hybridized carbons (Fsp3) is 0.407. The highest BCUT2D eigenvalue weighted by atomic mass is 16.5. The second-order valence-corrected chi connectivity index (χ2v) is 9.26. The zero-order valence-corrected chi connectivity index (χ0v) is 19.6. The van der Waals surface area contributed by atoms with Crippen molar-refractivity contribution >= 4 is 35.1 Å². The van der Waals surface area contributed by atoms with Crippen molar-refractivity contribution in [3.8, 4) is 11.5 Å². The van der Waals surface area contributed by atoms with Gasteiger partial charge >= 0.3 is 5.97 Å². The highest BCUT2D eigenvalue weighted by molar-refractivity contribution is 6.22. The van der Waals surface area contributed by atoms with Crippen molar-refractivity contribution in [2.24, 2.45) is 17.8 Å². The number of amides is 3. The SMILES string of the molecule is CCOc1ccc(N2C[C@@H](C(=O)Oc3ccc(N4C(=O)[C@H]5CCCC[C@@H]5C4=O)cc3)CC2=O)cc1. The van der Waals surface area contributed by atoms with E-state index < -0.39 is 11.9 Å². The molecule has 1 saturated carbocycles. The van der Waals surface area contributed by atoms with E-state index in [2.05, 4.69) is 0 Å². The second kappa shape index (κ2) is 9.52. The molecule has 3 amide bonds. The molecule has 182 valence electrons. The lowest BCUT2D eigenvalue weighted by molar-refractivity contribution is -0.139. The summed E-state index contributed by atoms with van der Waals surface area (Å²) < 4.78 is 11.0. The van der Waals surface area contributed by atoms with Crippen molar-refractivity contribution in [3.63, 3.8) is 0 Å². The molecule has 8 nitrogen and oxygen atoms in total. The Morgan fingerprint density at radius 3 is 2.03 bits per heavy atom. The summed E-state index contributed by atoms with van der Waals surface area (Å²) in [6, 6.07) is 13.6. The van der Waals surface area contributed by atoms with Crippen molar-refractivity contribution in [3.05, 3.63) is 48.5 Å². The van der Waals surface area contributed by atoms with E-state index in [1.807, 2.05) is 6.92 Å². The fourth-order valence-electron chi connectivity index (χ4n) is 5.28. The Morgan fingerprint density at radius 2 is 1.43 bits per heavy atom. The lowest BCUT2D eigenvalue weighted by Crippen LogP contribution is -2.30. The highest BCUT2D eigenvalue weighted by Crippen LogP contribution is 2.40. The largest absolute Gasteiger partial charge is 0.494 e. The van der Waals surface area contributed by atoms with Gasteiger partial charge in [0.05, 0.1) is 30.0 Å². The number of imide groups is 1. The molecule has 3 atom stereocenters. The second-order valence-electron chi connectivity index (χ2n) is 9.26. The molecule has 2 saturated heterocycles. The molecule has 0 aromatic heterocycles. The quantitative estimate of drug-likeness (QED) is 0.358. The van der Waals surface area contributed by atoms with Gasteiger partial charge in [-0.3, -0.25) is 24.1 Å². The molecule has 2 aliphatic heterocycles. The van der Waals surface area contributed by atoms with Crippen molar-refractivity contribution in [2.75, 3.05) is 23.0 Å². The Morgan fingerprint density at radius 1 is 0.857 bits per heavy atom. The maximum absolute atomic E-state index is 12.8. The molecule has 3 aliphatic rings. The molecule has 2 aromatic carbocycles. The first-order valence-electron chi connectivity index (χ1n) is 12.2. The number of carbonyl (C=O) groups excluding carboxylic acids is 4. The average molecular weight is 477 g/mol. The number of ether oxygens (including phenoxy) is 2. The zero-order chi connectivity index (χ0) is 24.5. The summed E-state index contributed by atoms with van der Waals surface area (Å²) in [5, 5.41) is 0. The first-order chi connectivity index (χ1) is 17.0. The monoisotopic (exact) mass is 476 g/mol. The normalized spacial score (nSPS) is 24.0. The molecule has 2 heterocycles. The average Bonchev–Trinajstić information content (AvgIpc) is 3.38. The standard InChI is InChI=1S/C27H28N2O6/c1-2-34-20-11-7-18(8-12-20)28-16-17(15-24(28)30)27(33)35-21-13-9-19(10-14-21)29-25(31)22-5-3-4-6-23(22)26(29)32/h7-14,17,22-23H,2-6,15-16H2,1H3/t17-,22-,23-/m0/s1. The summed E-state index contributed by atoms with van der Waals surface area (Å²) in [6.45, 7) is 2.70. The third kappa shape index (κ3) is 4.40. The number of rotatable bonds is 6. The van der Waals surface area contributed by atoms with Gasteiger partial charge in [0.15, 0.2) is 0 Å². The molecular formula is C27H28N2O6. The lowest BCUT2D eigenvalue weighted by atomic mass is 9.81. The van der Waals surface area contributed by atoms with Crippen LogP contribution in [0.4, 0.5) is 11.4 Å². The first kappa shape index (κ1) is 23.1. The van der Waals surface area contributed by atoms with Crippen LogP contribution in [0.2, 0.25) is 0 Å². The molecular weight excluding hydrogens is 448 g/mol. The molecule has 0 unspecified atom stereocenters. The summed E-state index contributed by atoms with van der Waals surface area (Å²) in [7, 11) is 0. The topological polar surface area (TPSA) is 93.2 Å². The van der Waals surface area contributed by atoms with Crippen LogP contribution in [0.1, 0.15) is 39.0 Å². The Balaban J connectivity index is 1.22. The van der Waals surface area contributed by atoms with E-state index in [-0.39, 0.29) is 42.5 Å². The van der Waals surface area contributed by atoms with Crippen LogP contribution in [-0.4, -0.2) is 36.8 Å². The molecule has 1 aliphatic carbocycles. The van der Waals surface area contributed by atoms with Gasteiger partial charge in [-0.15, -0.1) is 0 Å². The van der Waals surface area contributed by atoms with Crippen LogP contribution in [0.5, 0.6) is 11.5 Å². The van der Waals surface area contributed by atoms with Gasteiger partial charge in [-0.25, -0.2) is 0 Å². The number of hydrogen-bond donors (Lipinski definition) is 0. The number of nitrogens with zero attached hydrogens (tertiary/aromatic N) is 2. The molecule has 5 rings (SSSR count). The lowest BCUT2D eigenvalue weighted by Gasteiger charge is -2.19. The Labute approximate surface area is 203 Å². The van der Waals surface area contributed by atoms with Gasteiger partial charge in [-0.2, -0.15) is 0 Å². The van der Waals surface area contributed by atoms with Crippen LogP contribution in [0.3, 0.4) is 0 Å². The molecule has 0 radical (unpaired) electrons. The van der Waals surface area contributed by atoms with Crippen LogP contribution in [0.25, 0.3) is 0 Å². The summed E-state index contributed by atoms with van der Waals surface area (Å²) in [4.78, 5) is 53.7. The molecule has 0 spiro atoms. The molecule has 0 N–H and O–H groups in total. The molecule has 8 heteroatoms. The van der Waals surface area contributed by atoms with Gasteiger partial charge in [0.1, 0.15) is 11.5 Å². The fourth-order valence-corrected chi connectivity index (χ4v) is 5.28. The van der Waals surface area contributed by atoms with E-state index in [0.717, 1.165) is 31.4 Å². The van der Waals surface area contributed by atoms with Gasteiger partial charge < -0.3 is 14.4 Å². The number of fused-ring (bicyclic) bond motifs is 1. The van der Waals surface area contributed by atoms with Crippen LogP contribution in [-0.2, 0) is 19.2 Å². The van der Waals surface area contributed by atoms with E-state index in [1.165, 1.54) is 4.90 Å². The van der Waals surface area contributed by atoms with E-state index in [0.29, 0.717) is 23.7 Å². The minimum Gasteiger partial charge on any atom is -0.494 e. The number of anilines is 2. The van der Waals surface area contributed by atoms with Gasteiger partial charge in [0.25, 0.3) is 0 Å². The van der Waals surface area contributed by atoms with Crippen molar-refractivity contribution in [1.82, 2.24) is 0 Å². The molecule has 2 aromatic rings. The van der Waals surface area contributed by atoms with Gasteiger partial charge in [-0.05, 0) is 68.3 Å². The summed E-state index contributed by atoms with van der Waals surface area (Å²) >= 11 is 0. The maximum Gasteiger partial charge on any atom is 0.316 e. The van der Waals surface area contributed by atoms with Crippen LogP contribution in [0.15, 0.2) is 48.5 Å². The van der Waals surface area contributed by atoms with Crippen molar-refractivity contribution < 1.29 is 28.7 Å². The number of benzene rings is 2. The van der Waals surface area contributed by atoms with E-state index in [4.69, 9.17) is 9.47 Å². The number of hydrogen-bond acceptors (Lipinski definition) is 6. The van der Waals surface area contributed by atoms with Gasteiger partial charge in [0, 0.05) is 18.7 Å². The Hall–Kier alpha value is -3.68. The molecule has 3 fully saturated rings. The first-order valence-corrected chi connectivity index (χ1v) is 12.2. The maximum atomic E-state index is 12.8. The predicted molar refractivity (Wildman–Crippen MR) is 128 cm³/mol. The summed E-state index contributed by atoms with van der Waals surface area (Å²) in [5.41, 5.74) is 1.20. The van der Waals surface area contributed by atoms with Gasteiger partial charge in [0.2, 0.25) is 17.7 Å². The number of esters is 1. The minimum atomic E-state index is -0.585. The third-order valence-electron chi connectivity index (χ3n) is 7.07.